The number of ether oxygens (including phenoxy) is 1. The summed E-state index contributed by atoms with van der Waals surface area (Å²) in [5.41, 5.74) is -1.46. The topological polar surface area (TPSA) is 71.5 Å². The predicted octanol–water partition coefficient (Wildman–Crippen LogP) is 2.64. The van der Waals surface area contributed by atoms with Crippen LogP contribution in [-0.2, 0) is 10.9 Å². The van der Waals surface area contributed by atoms with E-state index in [-0.39, 0.29) is 30.6 Å². The van der Waals surface area contributed by atoms with Gasteiger partial charge >= 0.3 is 12.1 Å². The molecule has 5 nitrogen and oxygen atoms in total. The molecule has 0 saturated heterocycles. The zero-order valence-corrected chi connectivity index (χ0v) is 11.0. The second-order valence-electron chi connectivity index (χ2n) is 4.24. The molecule has 0 aliphatic rings. The van der Waals surface area contributed by atoms with Gasteiger partial charge in [-0.3, -0.25) is 0 Å². The molecule has 1 aromatic heterocycles. The van der Waals surface area contributed by atoms with E-state index in [4.69, 9.17) is 9.84 Å². The third-order valence-electron chi connectivity index (χ3n) is 2.26. The highest BCUT2D eigenvalue weighted by Crippen LogP contribution is 2.29. The van der Waals surface area contributed by atoms with Gasteiger partial charge in [0.25, 0.3) is 0 Å². The van der Waals surface area contributed by atoms with Crippen LogP contribution in [0.3, 0.4) is 0 Å². The van der Waals surface area contributed by atoms with Crippen LogP contribution < -0.4 is 5.32 Å². The van der Waals surface area contributed by atoms with Crippen molar-refractivity contribution in [3.8, 4) is 0 Å². The van der Waals surface area contributed by atoms with E-state index < -0.39 is 17.8 Å². The van der Waals surface area contributed by atoms with Gasteiger partial charge in [0.1, 0.15) is 17.1 Å². The van der Waals surface area contributed by atoms with Gasteiger partial charge < -0.3 is 15.2 Å². The van der Waals surface area contributed by atoms with Gasteiger partial charge in [-0.1, -0.05) is 0 Å². The lowest BCUT2D eigenvalue weighted by Gasteiger charge is -2.13. The summed E-state index contributed by atoms with van der Waals surface area (Å²) in [5, 5.41) is 11.5. The second-order valence-corrected chi connectivity index (χ2v) is 4.24. The van der Waals surface area contributed by atoms with Crippen LogP contribution in [0.5, 0.6) is 0 Å². The SMILES string of the molecule is CC(C)OCCNc1nc(C(F)(F)F)ccc1C(=O)O. The predicted molar refractivity (Wildman–Crippen MR) is 65.8 cm³/mol. The largest absolute Gasteiger partial charge is 0.478 e. The lowest BCUT2D eigenvalue weighted by atomic mass is 10.2. The molecule has 1 aromatic rings. The molecule has 0 aliphatic heterocycles. The number of anilines is 1. The molecule has 20 heavy (non-hydrogen) atoms. The van der Waals surface area contributed by atoms with Crippen molar-refractivity contribution in [2.75, 3.05) is 18.5 Å². The molecule has 0 aliphatic carbocycles. The smallest absolute Gasteiger partial charge is 0.433 e. The molecule has 0 saturated carbocycles. The van der Waals surface area contributed by atoms with E-state index in [1.807, 2.05) is 13.8 Å². The van der Waals surface area contributed by atoms with Crippen LogP contribution in [-0.4, -0.2) is 35.3 Å². The Morgan fingerprint density at radius 3 is 2.60 bits per heavy atom. The van der Waals surface area contributed by atoms with Crippen LogP contribution in [0, 0.1) is 0 Å². The monoisotopic (exact) mass is 292 g/mol. The Bertz CT molecular complexity index is 476. The normalized spacial score (nSPS) is 11.7. The number of aromatic carboxylic acids is 1. The first kappa shape index (κ1) is 16.2. The minimum absolute atomic E-state index is 0.0230. The lowest BCUT2D eigenvalue weighted by Crippen LogP contribution is -2.18. The lowest BCUT2D eigenvalue weighted by molar-refractivity contribution is -0.141. The first-order chi connectivity index (χ1) is 9.21. The molecule has 0 bridgehead atoms. The number of hydrogen-bond acceptors (Lipinski definition) is 4. The van der Waals surface area contributed by atoms with Crippen LogP contribution in [0.1, 0.15) is 29.9 Å². The van der Waals surface area contributed by atoms with Gasteiger partial charge in [-0.25, -0.2) is 9.78 Å². The quantitative estimate of drug-likeness (QED) is 0.789. The number of carboxylic acid groups (broad SMARTS) is 1. The summed E-state index contributed by atoms with van der Waals surface area (Å²) in [6, 6.07) is 1.52. The minimum atomic E-state index is -4.62. The first-order valence-electron chi connectivity index (χ1n) is 5.89. The fourth-order valence-corrected chi connectivity index (χ4v) is 1.39. The van der Waals surface area contributed by atoms with Crippen LogP contribution in [0.15, 0.2) is 12.1 Å². The van der Waals surface area contributed by atoms with Crippen LogP contribution in [0.4, 0.5) is 19.0 Å². The van der Waals surface area contributed by atoms with Gasteiger partial charge in [0.2, 0.25) is 0 Å². The zero-order valence-electron chi connectivity index (χ0n) is 11.0. The maximum Gasteiger partial charge on any atom is 0.433 e. The highest BCUT2D eigenvalue weighted by atomic mass is 19.4. The Morgan fingerprint density at radius 1 is 1.45 bits per heavy atom. The highest BCUT2D eigenvalue weighted by molar-refractivity contribution is 5.93. The Kier molecular flexibility index (Phi) is 5.32. The fraction of sp³-hybridized carbons (Fsp3) is 0.500. The average molecular weight is 292 g/mol. The number of alkyl halides is 3. The number of nitrogens with one attached hydrogen (secondary N) is 1. The van der Waals surface area contributed by atoms with Crippen LogP contribution in [0.25, 0.3) is 0 Å². The Balaban J connectivity index is 2.87. The third kappa shape index (κ3) is 4.69. The Labute approximate surface area is 113 Å². The van der Waals surface area contributed by atoms with Crippen molar-refractivity contribution in [1.29, 1.82) is 0 Å². The molecule has 0 amide bonds. The van der Waals surface area contributed by atoms with E-state index in [0.717, 1.165) is 6.07 Å². The molecule has 0 atom stereocenters. The number of aromatic nitrogens is 1. The average Bonchev–Trinajstić information content (AvgIpc) is 2.32. The van der Waals surface area contributed by atoms with E-state index in [9.17, 15) is 18.0 Å². The summed E-state index contributed by atoms with van der Waals surface area (Å²) in [6.45, 7) is 4.01. The number of carbonyl (C=O) groups is 1. The summed E-state index contributed by atoms with van der Waals surface area (Å²) >= 11 is 0. The molecule has 2 N–H and O–H groups in total. The molecule has 0 spiro atoms. The molecular formula is C12H15F3N2O3. The van der Waals surface area contributed by atoms with Crippen molar-refractivity contribution in [2.45, 2.75) is 26.1 Å². The highest BCUT2D eigenvalue weighted by Gasteiger charge is 2.33. The molecule has 112 valence electrons. The second kappa shape index (κ2) is 6.56. The molecule has 0 unspecified atom stereocenters. The number of nitrogens with zero attached hydrogens (tertiary/aromatic N) is 1. The van der Waals surface area contributed by atoms with E-state index in [1.165, 1.54) is 0 Å². The zero-order chi connectivity index (χ0) is 15.3. The van der Waals surface area contributed by atoms with Gasteiger partial charge in [-0.2, -0.15) is 13.2 Å². The van der Waals surface area contributed by atoms with Gasteiger partial charge in [-0.05, 0) is 26.0 Å². The maximum atomic E-state index is 12.5. The number of hydrogen-bond donors (Lipinski definition) is 2. The van der Waals surface area contributed by atoms with Crippen molar-refractivity contribution in [1.82, 2.24) is 4.98 Å². The summed E-state index contributed by atoms with van der Waals surface area (Å²) in [4.78, 5) is 14.2. The van der Waals surface area contributed by atoms with Crippen molar-refractivity contribution in [3.63, 3.8) is 0 Å². The van der Waals surface area contributed by atoms with E-state index in [2.05, 4.69) is 10.3 Å². The van der Waals surface area contributed by atoms with Crippen LogP contribution >= 0.6 is 0 Å². The number of carboxylic acids is 1. The fourth-order valence-electron chi connectivity index (χ4n) is 1.39. The summed E-state index contributed by atoms with van der Waals surface area (Å²) in [6.07, 6.45) is -4.65. The molecule has 1 heterocycles. The van der Waals surface area contributed by atoms with Gasteiger partial charge in [-0.15, -0.1) is 0 Å². The third-order valence-corrected chi connectivity index (χ3v) is 2.26. The molecule has 0 aromatic carbocycles. The van der Waals surface area contributed by atoms with Crippen molar-refractivity contribution >= 4 is 11.8 Å². The molecule has 0 fully saturated rings. The van der Waals surface area contributed by atoms with Crippen LogP contribution in [0.2, 0.25) is 0 Å². The molecular weight excluding hydrogens is 277 g/mol. The van der Waals surface area contributed by atoms with Crippen molar-refractivity contribution < 1.29 is 27.8 Å². The molecule has 1 rings (SSSR count). The summed E-state index contributed by atoms with van der Waals surface area (Å²) < 4.78 is 42.8. The Morgan fingerprint density at radius 2 is 2.10 bits per heavy atom. The van der Waals surface area contributed by atoms with Crippen molar-refractivity contribution in [3.05, 3.63) is 23.4 Å². The van der Waals surface area contributed by atoms with E-state index in [1.54, 1.807) is 0 Å². The number of halogens is 3. The van der Waals surface area contributed by atoms with E-state index >= 15 is 0 Å². The van der Waals surface area contributed by atoms with E-state index in [0.29, 0.717) is 6.07 Å². The number of pyridine rings is 1. The van der Waals surface area contributed by atoms with Crippen molar-refractivity contribution in [2.24, 2.45) is 0 Å². The van der Waals surface area contributed by atoms with Gasteiger partial charge in [0.05, 0.1) is 12.7 Å². The Hall–Kier alpha value is -1.83. The standard InChI is InChI=1S/C12H15F3N2O3/c1-7(2)20-6-5-16-10-8(11(18)19)3-4-9(17-10)12(13,14)15/h3-4,7H,5-6H2,1-2H3,(H,16,17)(H,18,19). The first-order valence-corrected chi connectivity index (χ1v) is 5.89. The minimum Gasteiger partial charge on any atom is -0.478 e. The molecule has 8 heteroatoms. The molecule has 0 radical (unpaired) electrons. The maximum absolute atomic E-state index is 12.5. The summed E-state index contributed by atoms with van der Waals surface area (Å²) in [7, 11) is 0. The van der Waals surface area contributed by atoms with Gasteiger partial charge in [0.15, 0.2) is 0 Å². The number of rotatable bonds is 6. The summed E-state index contributed by atoms with van der Waals surface area (Å²) in [5.74, 6) is -1.67. The van der Waals surface area contributed by atoms with Gasteiger partial charge in [0, 0.05) is 6.54 Å².